The Labute approximate surface area is 154 Å². The number of carbonyl (C=O) groups excluding carboxylic acids is 1. The Hall–Kier alpha value is -2.47. The smallest absolute Gasteiger partial charge is 0.316 e. The summed E-state index contributed by atoms with van der Waals surface area (Å²) in [6, 6.07) is 10.5. The molecule has 0 atom stereocenters. The summed E-state index contributed by atoms with van der Waals surface area (Å²) in [4.78, 5) is 25.2. The fourth-order valence-electron chi connectivity index (χ4n) is 3.37. The van der Waals surface area contributed by atoms with E-state index in [4.69, 9.17) is 4.74 Å². The molecule has 2 heterocycles. The van der Waals surface area contributed by atoms with Crippen molar-refractivity contribution in [3.63, 3.8) is 0 Å². The molecule has 1 aliphatic rings. The molecular weight excluding hydrogens is 328 g/mol. The van der Waals surface area contributed by atoms with E-state index in [9.17, 15) is 4.79 Å². The van der Waals surface area contributed by atoms with E-state index in [1.54, 1.807) is 19.5 Å². The van der Waals surface area contributed by atoms with Crippen LogP contribution in [-0.2, 0) is 17.9 Å². The number of methoxy groups -OCH3 is 1. The van der Waals surface area contributed by atoms with Crippen molar-refractivity contribution < 1.29 is 9.53 Å². The molecular formula is C20H26N4O2. The van der Waals surface area contributed by atoms with Gasteiger partial charge in [0.15, 0.2) is 0 Å². The molecule has 0 aliphatic carbocycles. The van der Waals surface area contributed by atoms with Gasteiger partial charge in [-0.05, 0) is 31.5 Å². The number of rotatable bonds is 6. The van der Waals surface area contributed by atoms with Gasteiger partial charge in [0.1, 0.15) is 0 Å². The minimum absolute atomic E-state index is 0.118. The van der Waals surface area contributed by atoms with Crippen molar-refractivity contribution in [3.8, 4) is 6.01 Å². The molecule has 1 aliphatic heterocycles. The number of benzene rings is 1. The molecule has 1 saturated heterocycles. The van der Waals surface area contributed by atoms with Crippen molar-refractivity contribution >= 4 is 5.91 Å². The quantitative estimate of drug-likeness (QED) is 0.797. The monoisotopic (exact) mass is 354 g/mol. The molecule has 1 aromatic carbocycles. The van der Waals surface area contributed by atoms with Crippen LogP contribution in [0.5, 0.6) is 6.01 Å². The van der Waals surface area contributed by atoms with Crippen LogP contribution in [0, 0.1) is 5.92 Å². The summed E-state index contributed by atoms with van der Waals surface area (Å²) in [5, 5.41) is 0. The first kappa shape index (κ1) is 18.3. The lowest BCUT2D eigenvalue weighted by atomic mass is 9.95. The summed E-state index contributed by atoms with van der Waals surface area (Å²) in [6.45, 7) is 3.32. The van der Waals surface area contributed by atoms with Crippen molar-refractivity contribution in [1.82, 2.24) is 19.8 Å². The Morgan fingerprint density at radius 1 is 1.15 bits per heavy atom. The van der Waals surface area contributed by atoms with E-state index in [0.717, 1.165) is 38.0 Å². The highest BCUT2D eigenvalue weighted by atomic mass is 16.5. The van der Waals surface area contributed by atoms with E-state index in [2.05, 4.69) is 27.0 Å². The lowest BCUT2D eigenvalue weighted by Crippen LogP contribution is -2.40. The predicted octanol–water partition coefficient (Wildman–Crippen LogP) is 2.36. The molecule has 6 nitrogen and oxygen atoms in total. The third-order valence-electron chi connectivity index (χ3n) is 4.85. The Kier molecular flexibility index (Phi) is 6.17. The molecule has 0 N–H and O–H groups in total. The number of aromatic nitrogens is 2. The van der Waals surface area contributed by atoms with Crippen LogP contribution in [0.1, 0.15) is 24.0 Å². The minimum Gasteiger partial charge on any atom is -0.467 e. The molecule has 0 saturated carbocycles. The largest absolute Gasteiger partial charge is 0.467 e. The number of piperidine rings is 1. The van der Waals surface area contributed by atoms with Gasteiger partial charge < -0.3 is 9.64 Å². The number of carbonyl (C=O) groups is 1. The topological polar surface area (TPSA) is 58.6 Å². The van der Waals surface area contributed by atoms with Crippen LogP contribution in [0.25, 0.3) is 0 Å². The maximum absolute atomic E-state index is 12.7. The van der Waals surface area contributed by atoms with E-state index in [-0.39, 0.29) is 11.8 Å². The summed E-state index contributed by atoms with van der Waals surface area (Å²) >= 11 is 0. The summed E-state index contributed by atoms with van der Waals surface area (Å²) in [7, 11) is 3.46. The lowest BCUT2D eigenvalue weighted by molar-refractivity contribution is -0.136. The third-order valence-corrected chi connectivity index (χ3v) is 4.85. The second kappa shape index (κ2) is 8.76. The van der Waals surface area contributed by atoms with Crippen molar-refractivity contribution in [2.75, 3.05) is 27.2 Å². The standard InChI is InChI=1S/C20H26N4O2/c1-23(14-16-6-4-3-5-7-16)19(25)18-8-10-24(11-9-18)15-17-12-21-20(26-2)22-13-17/h3-7,12-13,18H,8-11,14-15H2,1-2H3. The van der Waals surface area contributed by atoms with Gasteiger partial charge in [-0.15, -0.1) is 0 Å². The van der Waals surface area contributed by atoms with Gasteiger partial charge in [-0.3, -0.25) is 9.69 Å². The number of likely N-dealkylation sites (tertiary alicyclic amines) is 1. The molecule has 1 aromatic heterocycles. The molecule has 1 amide bonds. The molecule has 1 fully saturated rings. The zero-order valence-electron chi connectivity index (χ0n) is 15.5. The normalized spacial score (nSPS) is 15.6. The van der Waals surface area contributed by atoms with E-state index >= 15 is 0 Å². The lowest BCUT2D eigenvalue weighted by Gasteiger charge is -2.33. The van der Waals surface area contributed by atoms with Crippen LogP contribution < -0.4 is 4.74 Å². The van der Waals surface area contributed by atoms with Gasteiger partial charge in [0, 0.05) is 44.0 Å². The molecule has 0 bridgehead atoms. The minimum atomic E-state index is 0.118. The van der Waals surface area contributed by atoms with Crippen LogP contribution in [-0.4, -0.2) is 52.9 Å². The maximum Gasteiger partial charge on any atom is 0.316 e. The fourth-order valence-corrected chi connectivity index (χ4v) is 3.37. The first-order valence-electron chi connectivity index (χ1n) is 9.02. The molecule has 0 radical (unpaired) electrons. The van der Waals surface area contributed by atoms with Gasteiger partial charge >= 0.3 is 6.01 Å². The van der Waals surface area contributed by atoms with E-state index in [1.807, 2.05) is 30.1 Å². The van der Waals surface area contributed by atoms with Gasteiger partial charge in [-0.2, -0.15) is 0 Å². The molecule has 0 unspecified atom stereocenters. The first-order valence-corrected chi connectivity index (χ1v) is 9.02. The number of ether oxygens (including phenoxy) is 1. The highest BCUT2D eigenvalue weighted by molar-refractivity contribution is 5.78. The van der Waals surface area contributed by atoms with Crippen LogP contribution >= 0.6 is 0 Å². The Morgan fingerprint density at radius 2 is 1.81 bits per heavy atom. The molecule has 138 valence electrons. The molecule has 6 heteroatoms. The maximum atomic E-state index is 12.7. The zero-order chi connectivity index (χ0) is 18.4. The van der Waals surface area contributed by atoms with Crippen LogP contribution in [0.4, 0.5) is 0 Å². The summed E-state index contributed by atoms with van der Waals surface area (Å²) < 4.78 is 4.99. The summed E-state index contributed by atoms with van der Waals surface area (Å²) in [6.07, 6.45) is 5.40. The van der Waals surface area contributed by atoms with Crippen LogP contribution in [0.3, 0.4) is 0 Å². The Bertz CT molecular complexity index is 698. The van der Waals surface area contributed by atoms with Crippen molar-refractivity contribution in [2.24, 2.45) is 5.92 Å². The predicted molar refractivity (Wildman–Crippen MR) is 99.5 cm³/mol. The number of hydrogen-bond donors (Lipinski definition) is 0. The number of hydrogen-bond acceptors (Lipinski definition) is 5. The molecule has 0 spiro atoms. The van der Waals surface area contributed by atoms with Crippen molar-refractivity contribution in [1.29, 1.82) is 0 Å². The molecule has 3 rings (SSSR count). The average molecular weight is 354 g/mol. The SMILES string of the molecule is COc1ncc(CN2CCC(C(=O)N(C)Cc3ccccc3)CC2)cn1. The molecule has 26 heavy (non-hydrogen) atoms. The second-order valence-electron chi connectivity index (χ2n) is 6.81. The van der Waals surface area contributed by atoms with Crippen LogP contribution in [0.2, 0.25) is 0 Å². The van der Waals surface area contributed by atoms with Crippen molar-refractivity contribution in [3.05, 3.63) is 53.9 Å². The van der Waals surface area contributed by atoms with E-state index in [1.165, 1.54) is 5.56 Å². The molecule has 2 aromatic rings. The van der Waals surface area contributed by atoms with Gasteiger partial charge in [-0.25, -0.2) is 9.97 Å². The Morgan fingerprint density at radius 3 is 2.42 bits per heavy atom. The van der Waals surface area contributed by atoms with Gasteiger partial charge in [-0.1, -0.05) is 30.3 Å². The van der Waals surface area contributed by atoms with Crippen molar-refractivity contribution in [2.45, 2.75) is 25.9 Å². The highest BCUT2D eigenvalue weighted by Crippen LogP contribution is 2.21. The van der Waals surface area contributed by atoms with E-state index < -0.39 is 0 Å². The average Bonchev–Trinajstić information content (AvgIpc) is 2.69. The van der Waals surface area contributed by atoms with E-state index in [0.29, 0.717) is 12.6 Å². The first-order chi connectivity index (χ1) is 12.7. The summed E-state index contributed by atoms with van der Waals surface area (Å²) in [5.41, 5.74) is 2.23. The van der Waals surface area contributed by atoms with Crippen LogP contribution in [0.15, 0.2) is 42.7 Å². The fraction of sp³-hybridized carbons (Fsp3) is 0.450. The highest BCUT2D eigenvalue weighted by Gasteiger charge is 2.27. The zero-order valence-corrected chi connectivity index (χ0v) is 15.5. The van der Waals surface area contributed by atoms with Gasteiger partial charge in [0.2, 0.25) is 5.91 Å². The number of nitrogens with zero attached hydrogens (tertiary/aromatic N) is 4. The Balaban J connectivity index is 1.47. The van der Waals surface area contributed by atoms with Gasteiger partial charge in [0.25, 0.3) is 0 Å². The number of amides is 1. The van der Waals surface area contributed by atoms with Gasteiger partial charge in [0.05, 0.1) is 7.11 Å². The third kappa shape index (κ3) is 4.79. The second-order valence-corrected chi connectivity index (χ2v) is 6.81. The summed E-state index contributed by atoms with van der Waals surface area (Å²) in [5.74, 6) is 0.369.